The molecule has 1 aliphatic carbocycles. The van der Waals surface area contributed by atoms with Crippen LogP contribution in [0.15, 0.2) is 12.2 Å². The van der Waals surface area contributed by atoms with Gasteiger partial charge < -0.3 is 13.6 Å². The standard InChI is InChI=1S/C8H12O2.C2H8O2Si/c1-6(2)8(9)10-7-4-3-5-7;1-3-5-4-2/h7H,1,3-5H2,2H3;5H2,1-2H3. The van der Waals surface area contributed by atoms with Gasteiger partial charge in [0, 0.05) is 19.8 Å². The largest absolute Gasteiger partial charge is 0.459 e. The minimum Gasteiger partial charge on any atom is -0.459 e. The van der Waals surface area contributed by atoms with E-state index in [0.29, 0.717) is 5.57 Å². The molecule has 15 heavy (non-hydrogen) atoms. The van der Waals surface area contributed by atoms with E-state index in [4.69, 9.17) is 4.74 Å². The van der Waals surface area contributed by atoms with Crippen molar-refractivity contribution >= 4 is 16.0 Å². The third-order valence-corrected chi connectivity index (χ3v) is 2.38. The summed E-state index contributed by atoms with van der Waals surface area (Å²) in [5.41, 5.74) is 0.492. The first-order valence-corrected chi connectivity index (χ1v) is 6.11. The van der Waals surface area contributed by atoms with E-state index >= 15 is 0 Å². The molecule has 0 radical (unpaired) electrons. The molecule has 0 unspecified atom stereocenters. The number of rotatable bonds is 4. The number of esters is 1. The van der Waals surface area contributed by atoms with Crippen LogP contribution >= 0.6 is 0 Å². The molecule has 88 valence electrons. The van der Waals surface area contributed by atoms with Crippen molar-refractivity contribution in [2.75, 3.05) is 14.2 Å². The van der Waals surface area contributed by atoms with Gasteiger partial charge in [-0.3, -0.25) is 0 Å². The Morgan fingerprint density at radius 2 is 1.87 bits per heavy atom. The van der Waals surface area contributed by atoms with Crippen LogP contribution in [0, 0.1) is 0 Å². The zero-order chi connectivity index (χ0) is 11.7. The highest BCUT2D eigenvalue weighted by molar-refractivity contribution is 6.17. The van der Waals surface area contributed by atoms with Crippen molar-refractivity contribution < 1.29 is 18.4 Å². The van der Waals surface area contributed by atoms with Crippen LogP contribution in [-0.4, -0.2) is 36.3 Å². The molecular weight excluding hydrogens is 212 g/mol. The molecule has 1 saturated carbocycles. The van der Waals surface area contributed by atoms with Gasteiger partial charge >= 0.3 is 16.0 Å². The lowest BCUT2D eigenvalue weighted by molar-refractivity contribution is -0.147. The zero-order valence-electron chi connectivity index (χ0n) is 9.75. The van der Waals surface area contributed by atoms with Crippen LogP contribution in [0.2, 0.25) is 0 Å². The molecule has 4 nitrogen and oxygen atoms in total. The highest BCUT2D eigenvalue weighted by Gasteiger charge is 2.21. The fourth-order valence-corrected chi connectivity index (χ4v) is 1.09. The lowest BCUT2D eigenvalue weighted by Gasteiger charge is -2.24. The van der Waals surface area contributed by atoms with Crippen molar-refractivity contribution in [2.45, 2.75) is 32.3 Å². The summed E-state index contributed by atoms with van der Waals surface area (Å²) in [7, 11) is 2.73. The second-order valence-electron chi connectivity index (χ2n) is 3.43. The van der Waals surface area contributed by atoms with Gasteiger partial charge in [-0.25, -0.2) is 4.79 Å². The topological polar surface area (TPSA) is 44.8 Å². The second-order valence-corrected chi connectivity index (χ2v) is 4.82. The average Bonchev–Trinajstić information content (AvgIpc) is 2.13. The van der Waals surface area contributed by atoms with Crippen molar-refractivity contribution in [1.29, 1.82) is 0 Å². The fourth-order valence-electron chi connectivity index (χ4n) is 0.858. The molecule has 0 amide bonds. The molecule has 1 fully saturated rings. The van der Waals surface area contributed by atoms with E-state index in [9.17, 15) is 4.79 Å². The Bertz CT molecular complexity index is 200. The van der Waals surface area contributed by atoms with E-state index in [1.165, 1.54) is 6.42 Å². The molecule has 0 aliphatic heterocycles. The Kier molecular flexibility index (Phi) is 8.26. The van der Waals surface area contributed by atoms with Gasteiger partial charge in [-0.1, -0.05) is 6.58 Å². The summed E-state index contributed by atoms with van der Waals surface area (Å²) in [5, 5.41) is 0. The molecule has 5 heteroatoms. The van der Waals surface area contributed by atoms with E-state index in [0.717, 1.165) is 12.8 Å². The molecule has 0 heterocycles. The molecule has 0 aromatic rings. The third kappa shape index (κ3) is 7.30. The number of carbonyl (C=O) groups excluding carboxylic acids is 1. The Balaban J connectivity index is 0.000000336. The first-order chi connectivity index (χ1) is 7.11. The molecule has 0 N–H and O–H groups in total. The Hall–Kier alpha value is -0.653. The molecule has 0 aromatic heterocycles. The maximum Gasteiger partial charge on any atom is 0.333 e. The normalized spacial score (nSPS) is 14.6. The number of hydrogen-bond donors (Lipinski definition) is 0. The van der Waals surface area contributed by atoms with E-state index in [1.807, 2.05) is 0 Å². The van der Waals surface area contributed by atoms with Crippen LogP contribution in [-0.2, 0) is 18.4 Å². The maximum absolute atomic E-state index is 10.8. The SMILES string of the molecule is C=C(C)C(=O)OC1CCC1.CO[SiH2]OC. The van der Waals surface area contributed by atoms with E-state index in [2.05, 4.69) is 15.4 Å². The van der Waals surface area contributed by atoms with Gasteiger partial charge in [0.25, 0.3) is 0 Å². The van der Waals surface area contributed by atoms with Crippen molar-refractivity contribution in [3.63, 3.8) is 0 Å². The predicted octanol–water partition coefficient (Wildman–Crippen LogP) is 0.936. The summed E-state index contributed by atoms with van der Waals surface area (Å²) in [5.74, 6) is -0.246. The Labute approximate surface area is 93.7 Å². The van der Waals surface area contributed by atoms with Gasteiger partial charge in [0.15, 0.2) is 0 Å². The maximum atomic E-state index is 10.8. The van der Waals surface area contributed by atoms with Crippen LogP contribution < -0.4 is 0 Å². The van der Waals surface area contributed by atoms with E-state index < -0.39 is 10.0 Å². The first-order valence-electron chi connectivity index (χ1n) is 4.96. The highest BCUT2D eigenvalue weighted by Crippen LogP contribution is 2.22. The summed E-state index contributed by atoms with van der Waals surface area (Å²) in [6.45, 7) is 5.16. The molecular formula is C10H20O4Si. The van der Waals surface area contributed by atoms with Gasteiger partial charge in [-0.05, 0) is 26.2 Å². The molecule has 1 aliphatic rings. The van der Waals surface area contributed by atoms with Crippen LogP contribution in [0.25, 0.3) is 0 Å². The number of hydrogen-bond acceptors (Lipinski definition) is 4. The number of carbonyl (C=O) groups is 1. The summed E-state index contributed by atoms with van der Waals surface area (Å²) in [6.07, 6.45) is 3.43. The van der Waals surface area contributed by atoms with Gasteiger partial charge in [0.1, 0.15) is 6.10 Å². The zero-order valence-corrected chi connectivity index (χ0v) is 11.2. The van der Waals surface area contributed by atoms with Crippen LogP contribution in [0.1, 0.15) is 26.2 Å². The van der Waals surface area contributed by atoms with E-state index in [-0.39, 0.29) is 12.1 Å². The monoisotopic (exact) mass is 232 g/mol. The summed E-state index contributed by atoms with van der Waals surface area (Å²) < 4.78 is 14.2. The Morgan fingerprint density at radius 1 is 1.33 bits per heavy atom. The smallest absolute Gasteiger partial charge is 0.333 e. The minimum atomic E-state index is -0.568. The predicted molar refractivity (Wildman–Crippen MR) is 61.1 cm³/mol. The third-order valence-electron chi connectivity index (χ3n) is 1.91. The van der Waals surface area contributed by atoms with E-state index in [1.54, 1.807) is 21.1 Å². The summed E-state index contributed by atoms with van der Waals surface area (Å²) in [6, 6.07) is 0. The molecule has 1 rings (SSSR count). The summed E-state index contributed by atoms with van der Waals surface area (Å²) in [4.78, 5) is 10.8. The minimum absolute atomic E-state index is 0.184. The quantitative estimate of drug-likeness (QED) is 0.411. The molecule has 0 saturated heterocycles. The molecule has 0 spiro atoms. The van der Waals surface area contributed by atoms with Crippen LogP contribution in [0.3, 0.4) is 0 Å². The van der Waals surface area contributed by atoms with Crippen LogP contribution in [0.4, 0.5) is 0 Å². The molecule has 0 aromatic carbocycles. The van der Waals surface area contributed by atoms with Crippen molar-refractivity contribution in [3.8, 4) is 0 Å². The molecule has 0 bridgehead atoms. The first kappa shape index (κ1) is 14.3. The van der Waals surface area contributed by atoms with Gasteiger partial charge in [0.05, 0.1) is 0 Å². The van der Waals surface area contributed by atoms with Gasteiger partial charge in [-0.15, -0.1) is 0 Å². The Morgan fingerprint density at radius 3 is 2.07 bits per heavy atom. The van der Waals surface area contributed by atoms with Crippen molar-refractivity contribution in [2.24, 2.45) is 0 Å². The fraction of sp³-hybridized carbons (Fsp3) is 0.700. The van der Waals surface area contributed by atoms with Gasteiger partial charge in [0.2, 0.25) is 0 Å². The van der Waals surface area contributed by atoms with Crippen molar-refractivity contribution in [3.05, 3.63) is 12.2 Å². The lowest BCUT2D eigenvalue weighted by atomic mass is 9.96. The van der Waals surface area contributed by atoms with Crippen molar-refractivity contribution in [1.82, 2.24) is 0 Å². The summed E-state index contributed by atoms with van der Waals surface area (Å²) >= 11 is 0. The highest BCUT2D eigenvalue weighted by atomic mass is 28.3. The van der Waals surface area contributed by atoms with Crippen LogP contribution in [0.5, 0.6) is 0 Å². The second kappa shape index (κ2) is 8.64. The molecule has 0 atom stereocenters. The lowest BCUT2D eigenvalue weighted by Crippen LogP contribution is -2.25. The average molecular weight is 232 g/mol. The number of ether oxygens (including phenoxy) is 1. The van der Waals surface area contributed by atoms with Gasteiger partial charge in [-0.2, -0.15) is 0 Å².